The van der Waals surface area contributed by atoms with Crippen LogP contribution in [0.25, 0.3) is 0 Å². The second-order valence-corrected chi connectivity index (χ2v) is 6.38. The van der Waals surface area contributed by atoms with E-state index in [-0.39, 0.29) is 18.7 Å². The Balaban J connectivity index is 1.98. The summed E-state index contributed by atoms with van der Waals surface area (Å²) in [5, 5.41) is 15.3. The molecule has 2 amide bonds. The summed E-state index contributed by atoms with van der Waals surface area (Å²) in [7, 11) is 0. The van der Waals surface area contributed by atoms with Gasteiger partial charge >= 0.3 is 6.03 Å². The number of amides is 2. The SMILES string of the molecule is Cc1cccc(C)c1NC(=O)NC(CCO)C1CCCCC1. The molecule has 0 radical (unpaired) electrons. The molecule has 22 heavy (non-hydrogen) atoms. The molecule has 1 atom stereocenters. The first-order valence-corrected chi connectivity index (χ1v) is 8.36. The third-order valence-corrected chi connectivity index (χ3v) is 4.70. The lowest BCUT2D eigenvalue weighted by Gasteiger charge is -2.30. The molecular formula is C18H28N2O2. The number of rotatable bonds is 5. The fourth-order valence-electron chi connectivity index (χ4n) is 3.43. The molecule has 3 N–H and O–H groups in total. The van der Waals surface area contributed by atoms with Crippen molar-refractivity contribution in [2.45, 2.75) is 58.4 Å². The van der Waals surface area contributed by atoms with Gasteiger partial charge in [-0.25, -0.2) is 4.79 Å². The smallest absolute Gasteiger partial charge is 0.319 e. The molecule has 1 aromatic rings. The van der Waals surface area contributed by atoms with Crippen LogP contribution in [-0.2, 0) is 0 Å². The van der Waals surface area contributed by atoms with Crippen LogP contribution in [0, 0.1) is 19.8 Å². The lowest BCUT2D eigenvalue weighted by Crippen LogP contribution is -2.43. The van der Waals surface area contributed by atoms with Gasteiger partial charge in [-0.15, -0.1) is 0 Å². The number of para-hydroxylation sites is 1. The van der Waals surface area contributed by atoms with Crippen LogP contribution >= 0.6 is 0 Å². The highest BCUT2D eigenvalue weighted by atomic mass is 16.3. The molecule has 122 valence electrons. The third kappa shape index (κ3) is 4.47. The zero-order valence-corrected chi connectivity index (χ0v) is 13.7. The van der Waals surface area contributed by atoms with Gasteiger partial charge in [-0.1, -0.05) is 37.5 Å². The highest BCUT2D eigenvalue weighted by molar-refractivity contribution is 5.91. The van der Waals surface area contributed by atoms with Crippen LogP contribution in [0.2, 0.25) is 0 Å². The number of aliphatic hydroxyl groups is 1. The van der Waals surface area contributed by atoms with Crippen molar-refractivity contribution in [1.29, 1.82) is 0 Å². The second-order valence-electron chi connectivity index (χ2n) is 6.38. The topological polar surface area (TPSA) is 61.4 Å². The van der Waals surface area contributed by atoms with Crippen LogP contribution in [0.5, 0.6) is 0 Å². The Morgan fingerprint density at radius 1 is 1.23 bits per heavy atom. The molecular weight excluding hydrogens is 276 g/mol. The van der Waals surface area contributed by atoms with Crippen molar-refractivity contribution in [1.82, 2.24) is 5.32 Å². The van der Waals surface area contributed by atoms with Crippen molar-refractivity contribution in [2.75, 3.05) is 11.9 Å². The van der Waals surface area contributed by atoms with Gasteiger partial charge in [-0.05, 0) is 50.2 Å². The summed E-state index contributed by atoms with van der Waals surface area (Å²) in [4.78, 5) is 12.3. The molecule has 2 rings (SSSR count). The Morgan fingerprint density at radius 3 is 2.45 bits per heavy atom. The molecule has 0 heterocycles. The van der Waals surface area contributed by atoms with Gasteiger partial charge in [0.15, 0.2) is 0 Å². The summed E-state index contributed by atoms with van der Waals surface area (Å²) < 4.78 is 0. The Labute approximate surface area is 133 Å². The standard InChI is InChI=1S/C18H28N2O2/c1-13-7-6-8-14(2)17(13)20-18(22)19-16(11-12-21)15-9-4-3-5-10-15/h6-8,15-16,21H,3-5,9-12H2,1-2H3,(H2,19,20,22). The van der Waals surface area contributed by atoms with E-state index < -0.39 is 0 Å². The lowest BCUT2D eigenvalue weighted by molar-refractivity contribution is 0.202. The molecule has 1 aromatic carbocycles. The zero-order chi connectivity index (χ0) is 15.9. The summed E-state index contributed by atoms with van der Waals surface area (Å²) >= 11 is 0. The Morgan fingerprint density at radius 2 is 1.86 bits per heavy atom. The average Bonchev–Trinajstić information content (AvgIpc) is 2.51. The maximum atomic E-state index is 12.3. The molecule has 0 spiro atoms. The van der Waals surface area contributed by atoms with E-state index in [1.165, 1.54) is 19.3 Å². The van der Waals surface area contributed by atoms with Crippen molar-refractivity contribution in [3.63, 3.8) is 0 Å². The number of urea groups is 1. The monoisotopic (exact) mass is 304 g/mol. The van der Waals surface area contributed by atoms with E-state index in [4.69, 9.17) is 0 Å². The first kappa shape index (κ1) is 16.8. The van der Waals surface area contributed by atoms with E-state index in [1.54, 1.807) is 0 Å². The molecule has 1 aliphatic carbocycles. The summed E-state index contributed by atoms with van der Waals surface area (Å²) in [5.41, 5.74) is 3.00. The van der Waals surface area contributed by atoms with E-state index in [1.807, 2.05) is 32.0 Å². The van der Waals surface area contributed by atoms with Gasteiger partial charge in [0.05, 0.1) is 0 Å². The Kier molecular flexibility index (Phi) is 6.25. The maximum absolute atomic E-state index is 12.3. The minimum atomic E-state index is -0.165. The van der Waals surface area contributed by atoms with E-state index in [0.717, 1.165) is 29.7 Å². The van der Waals surface area contributed by atoms with Gasteiger partial charge in [-0.2, -0.15) is 0 Å². The average molecular weight is 304 g/mol. The molecule has 0 bridgehead atoms. The molecule has 4 heteroatoms. The van der Waals surface area contributed by atoms with Crippen molar-refractivity contribution >= 4 is 11.7 Å². The third-order valence-electron chi connectivity index (χ3n) is 4.70. The highest BCUT2D eigenvalue weighted by Gasteiger charge is 2.24. The number of nitrogens with one attached hydrogen (secondary N) is 2. The van der Waals surface area contributed by atoms with Crippen LogP contribution in [0.3, 0.4) is 0 Å². The minimum absolute atomic E-state index is 0.0645. The molecule has 1 unspecified atom stereocenters. The van der Waals surface area contributed by atoms with Crippen LogP contribution in [0.4, 0.5) is 10.5 Å². The van der Waals surface area contributed by atoms with Crippen molar-refractivity contribution in [3.8, 4) is 0 Å². The lowest BCUT2D eigenvalue weighted by atomic mass is 9.83. The Hall–Kier alpha value is -1.55. The van der Waals surface area contributed by atoms with Crippen molar-refractivity contribution in [3.05, 3.63) is 29.3 Å². The Bertz CT molecular complexity index is 476. The van der Waals surface area contributed by atoms with Crippen LogP contribution in [-0.4, -0.2) is 23.8 Å². The molecule has 1 fully saturated rings. The summed E-state index contributed by atoms with van der Waals surface area (Å²) in [5.74, 6) is 0.490. The number of aryl methyl sites for hydroxylation is 2. The van der Waals surface area contributed by atoms with Gasteiger partial charge < -0.3 is 15.7 Å². The number of carbonyl (C=O) groups is 1. The molecule has 0 saturated heterocycles. The van der Waals surface area contributed by atoms with Crippen LogP contribution in [0.15, 0.2) is 18.2 Å². The van der Waals surface area contributed by atoms with E-state index in [0.29, 0.717) is 12.3 Å². The highest BCUT2D eigenvalue weighted by Crippen LogP contribution is 2.28. The number of anilines is 1. The van der Waals surface area contributed by atoms with E-state index in [9.17, 15) is 9.90 Å². The summed E-state index contributed by atoms with van der Waals surface area (Å²) in [6.07, 6.45) is 6.67. The minimum Gasteiger partial charge on any atom is -0.396 e. The summed E-state index contributed by atoms with van der Waals surface area (Å²) in [6.45, 7) is 4.11. The number of aliphatic hydroxyl groups excluding tert-OH is 1. The predicted octanol–water partition coefficient (Wildman–Crippen LogP) is 3.76. The fourth-order valence-corrected chi connectivity index (χ4v) is 3.43. The van der Waals surface area contributed by atoms with Crippen molar-refractivity contribution < 1.29 is 9.90 Å². The molecule has 1 saturated carbocycles. The van der Waals surface area contributed by atoms with Crippen LogP contribution < -0.4 is 10.6 Å². The fraction of sp³-hybridized carbons (Fsp3) is 0.611. The van der Waals surface area contributed by atoms with Crippen molar-refractivity contribution in [2.24, 2.45) is 5.92 Å². The normalized spacial score (nSPS) is 17.0. The number of benzene rings is 1. The number of carbonyl (C=O) groups excluding carboxylic acids is 1. The first-order valence-electron chi connectivity index (χ1n) is 8.36. The molecule has 4 nitrogen and oxygen atoms in total. The second kappa shape index (κ2) is 8.18. The number of hydrogen-bond acceptors (Lipinski definition) is 2. The molecule has 1 aliphatic rings. The molecule has 0 aromatic heterocycles. The predicted molar refractivity (Wildman–Crippen MR) is 90.1 cm³/mol. The summed E-state index contributed by atoms with van der Waals surface area (Å²) in [6, 6.07) is 5.88. The quantitative estimate of drug-likeness (QED) is 0.775. The first-order chi connectivity index (χ1) is 10.6. The van der Waals surface area contributed by atoms with E-state index in [2.05, 4.69) is 10.6 Å². The zero-order valence-electron chi connectivity index (χ0n) is 13.7. The van der Waals surface area contributed by atoms with Gasteiger partial charge in [0.2, 0.25) is 0 Å². The molecule has 0 aliphatic heterocycles. The maximum Gasteiger partial charge on any atom is 0.319 e. The van der Waals surface area contributed by atoms with Gasteiger partial charge in [0.25, 0.3) is 0 Å². The largest absolute Gasteiger partial charge is 0.396 e. The van der Waals surface area contributed by atoms with Gasteiger partial charge in [-0.3, -0.25) is 0 Å². The van der Waals surface area contributed by atoms with Gasteiger partial charge in [0.1, 0.15) is 0 Å². The van der Waals surface area contributed by atoms with Crippen LogP contribution in [0.1, 0.15) is 49.7 Å². The number of hydrogen-bond donors (Lipinski definition) is 3. The van der Waals surface area contributed by atoms with Gasteiger partial charge in [0, 0.05) is 18.3 Å². The van der Waals surface area contributed by atoms with E-state index >= 15 is 0 Å².